The van der Waals surface area contributed by atoms with Gasteiger partial charge in [-0.05, 0) is 55.0 Å². The van der Waals surface area contributed by atoms with Crippen LogP contribution in [0.3, 0.4) is 0 Å². The number of hydrogen-bond acceptors (Lipinski definition) is 2. The van der Waals surface area contributed by atoms with Crippen LogP contribution in [0.5, 0.6) is 0 Å². The summed E-state index contributed by atoms with van der Waals surface area (Å²) in [6, 6.07) is 7.75. The van der Waals surface area contributed by atoms with Gasteiger partial charge >= 0.3 is 0 Å². The molecule has 1 amide bonds. The molecular formula is C18H23N3O. The topological polar surface area (TPSA) is 38.1 Å². The number of carbonyl (C=O) groups excluding carboxylic acids is 1. The largest absolute Gasteiger partial charge is 0.339 e. The van der Waals surface area contributed by atoms with E-state index in [9.17, 15) is 4.79 Å². The lowest BCUT2D eigenvalue weighted by molar-refractivity contribution is 0.0630. The summed E-state index contributed by atoms with van der Waals surface area (Å²) in [5.74, 6) is 0.144. The van der Waals surface area contributed by atoms with Gasteiger partial charge in [0.1, 0.15) is 0 Å². The summed E-state index contributed by atoms with van der Waals surface area (Å²) in [5.41, 5.74) is 3.21. The van der Waals surface area contributed by atoms with E-state index in [-0.39, 0.29) is 5.91 Å². The highest BCUT2D eigenvalue weighted by Crippen LogP contribution is 2.30. The van der Waals surface area contributed by atoms with E-state index in [2.05, 4.69) is 18.9 Å². The van der Waals surface area contributed by atoms with Crippen molar-refractivity contribution in [2.45, 2.75) is 33.6 Å². The Morgan fingerprint density at radius 3 is 2.55 bits per heavy atom. The number of rotatable bonds is 2. The molecule has 0 spiro atoms. The maximum Gasteiger partial charge on any atom is 0.253 e. The highest BCUT2D eigenvalue weighted by atomic mass is 16.2. The predicted molar refractivity (Wildman–Crippen MR) is 87.2 cm³/mol. The Morgan fingerprint density at radius 2 is 1.95 bits per heavy atom. The molecule has 1 aliphatic rings. The zero-order valence-electron chi connectivity index (χ0n) is 13.5. The molecule has 1 saturated heterocycles. The van der Waals surface area contributed by atoms with E-state index >= 15 is 0 Å². The summed E-state index contributed by atoms with van der Waals surface area (Å²) < 4.78 is 1.83. The highest BCUT2D eigenvalue weighted by molar-refractivity contribution is 5.94. The van der Waals surface area contributed by atoms with Gasteiger partial charge in [0.05, 0.1) is 5.69 Å². The molecule has 116 valence electrons. The van der Waals surface area contributed by atoms with Crippen molar-refractivity contribution in [1.82, 2.24) is 14.7 Å². The van der Waals surface area contributed by atoms with Crippen molar-refractivity contribution < 1.29 is 4.79 Å². The minimum absolute atomic E-state index is 0.144. The van der Waals surface area contributed by atoms with Crippen molar-refractivity contribution in [3.8, 4) is 5.69 Å². The van der Waals surface area contributed by atoms with Crippen LogP contribution in [0.15, 0.2) is 36.7 Å². The maximum absolute atomic E-state index is 12.7. The van der Waals surface area contributed by atoms with Gasteiger partial charge in [0, 0.05) is 31.0 Å². The normalized spacial score (nSPS) is 17.5. The van der Waals surface area contributed by atoms with Crippen LogP contribution >= 0.6 is 0 Å². The first-order chi connectivity index (χ1) is 10.5. The van der Waals surface area contributed by atoms with Crippen LogP contribution in [-0.4, -0.2) is 33.7 Å². The number of hydrogen-bond donors (Lipinski definition) is 0. The summed E-state index contributed by atoms with van der Waals surface area (Å²) in [6.45, 7) is 8.28. The minimum Gasteiger partial charge on any atom is -0.339 e. The van der Waals surface area contributed by atoms with Crippen LogP contribution in [0.25, 0.3) is 5.69 Å². The van der Waals surface area contributed by atoms with Crippen LogP contribution < -0.4 is 0 Å². The molecule has 1 aliphatic heterocycles. The van der Waals surface area contributed by atoms with Gasteiger partial charge in [0.15, 0.2) is 0 Å². The van der Waals surface area contributed by atoms with Crippen LogP contribution in [0.1, 0.15) is 42.6 Å². The van der Waals surface area contributed by atoms with Crippen molar-refractivity contribution in [3.05, 3.63) is 47.8 Å². The molecule has 0 bridgehead atoms. The number of likely N-dealkylation sites (tertiary alicyclic amines) is 1. The SMILES string of the molecule is Cc1cc(C(=O)N2CCC(C)(C)CC2)ccc1-n1cccn1. The Labute approximate surface area is 131 Å². The van der Waals surface area contributed by atoms with Crippen LogP contribution in [-0.2, 0) is 0 Å². The quantitative estimate of drug-likeness (QED) is 0.851. The number of nitrogens with zero attached hydrogens (tertiary/aromatic N) is 3. The number of amides is 1. The van der Waals surface area contributed by atoms with Gasteiger partial charge in [-0.15, -0.1) is 0 Å². The van der Waals surface area contributed by atoms with Crippen molar-refractivity contribution in [2.75, 3.05) is 13.1 Å². The predicted octanol–water partition coefficient (Wildman–Crippen LogP) is 3.44. The summed E-state index contributed by atoms with van der Waals surface area (Å²) in [6.07, 6.45) is 5.82. The van der Waals surface area contributed by atoms with E-state index in [1.54, 1.807) is 6.20 Å². The number of carbonyl (C=O) groups is 1. The standard InChI is InChI=1S/C18H23N3O/c1-14-13-15(5-6-16(14)21-10-4-9-19-21)17(22)20-11-7-18(2,3)8-12-20/h4-6,9-10,13H,7-8,11-12H2,1-3H3. The fourth-order valence-corrected chi connectivity index (χ4v) is 2.95. The van der Waals surface area contributed by atoms with E-state index in [4.69, 9.17) is 0 Å². The first-order valence-electron chi connectivity index (χ1n) is 7.86. The first kappa shape index (κ1) is 14.8. The second kappa shape index (κ2) is 5.59. The van der Waals surface area contributed by atoms with Crippen LogP contribution in [0, 0.1) is 12.3 Å². The fourth-order valence-electron chi connectivity index (χ4n) is 2.95. The van der Waals surface area contributed by atoms with Gasteiger partial charge in [-0.3, -0.25) is 4.79 Å². The van der Waals surface area contributed by atoms with Gasteiger partial charge in [-0.25, -0.2) is 4.68 Å². The first-order valence-corrected chi connectivity index (χ1v) is 7.86. The molecule has 0 aliphatic carbocycles. The molecule has 0 radical (unpaired) electrons. The molecule has 2 heterocycles. The van der Waals surface area contributed by atoms with Gasteiger partial charge in [-0.2, -0.15) is 5.10 Å². The molecule has 4 heteroatoms. The highest BCUT2D eigenvalue weighted by Gasteiger charge is 2.28. The summed E-state index contributed by atoms with van der Waals surface area (Å²) >= 11 is 0. The lowest BCUT2D eigenvalue weighted by atomic mass is 9.82. The van der Waals surface area contributed by atoms with E-state index in [1.165, 1.54) is 0 Å². The Hall–Kier alpha value is -2.10. The number of aromatic nitrogens is 2. The molecule has 0 N–H and O–H groups in total. The zero-order valence-corrected chi connectivity index (χ0v) is 13.5. The maximum atomic E-state index is 12.7. The van der Waals surface area contributed by atoms with Gasteiger partial charge in [-0.1, -0.05) is 13.8 Å². The molecule has 1 aromatic carbocycles. The Morgan fingerprint density at radius 1 is 1.23 bits per heavy atom. The molecule has 0 atom stereocenters. The molecule has 1 fully saturated rings. The smallest absolute Gasteiger partial charge is 0.253 e. The molecule has 0 saturated carbocycles. The van der Waals surface area contributed by atoms with E-state index in [0.29, 0.717) is 5.41 Å². The molecule has 1 aromatic heterocycles. The van der Waals surface area contributed by atoms with Gasteiger partial charge in [0.25, 0.3) is 5.91 Å². The van der Waals surface area contributed by atoms with Crippen molar-refractivity contribution >= 4 is 5.91 Å². The monoisotopic (exact) mass is 297 g/mol. The second-order valence-electron chi connectivity index (χ2n) is 6.91. The van der Waals surface area contributed by atoms with Gasteiger partial charge < -0.3 is 4.90 Å². The van der Waals surface area contributed by atoms with E-state index < -0.39 is 0 Å². The molecule has 0 unspecified atom stereocenters. The van der Waals surface area contributed by atoms with Crippen molar-refractivity contribution in [2.24, 2.45) is 5.41 Å². The molecule has 2 aromatic rings. The third kappa shape index (κ3) is 2.91. The average molecular weight is 297 g/mol. The Balaban J connectivity index is 1.78. The second-order valence-corrected chi connectivity index (χ2v) is 6.91. The van der Waals surface area contributed by atoms with Crippen molar-refractivity contribution in [1.29, 1.82) is 0 Å². The number of aryl methyl sites for hydroxylation is 1. The third-order valence-electron chi connectivity index (χ3n) is 4.60. The molecule has 22 heavy (non-hydrogen) atoms. The zero-order chi connectivity index (χ0) is 15.7. The number of benzene rings is 1. The fraction of sp³-hybridized carbons (Fsp3) is 0.444. The van der Waals surface area contributed by atoms with Crippen LogP contribution in [0.2, 0.25) is 0 Å². The lowest BCUT2D eigenvalue weighted by Crippen LogP contribution is -2.41. The molecule has 3 rings (SSSR count). The third-order valence-corrected chi connectivity index (χ3v) is 4.60. The summed E-state index contributed by atoms with van der Waals surface area (Å²) in [4.78, 5) is 14.6. The van der Waals surface area contributed by atoms with E-state index in [1.807, 2.05) is 47.0 Å². The average Bonchev–Trinajstić information content (AvgIpc) is 3.00. The van der Waals surface area contributed by atoms with Gasteiger partial charge in [0.2, 0.25) is 0 Å². The summed E-state index contributed by atoms with van der Waals surface area (Å²) in [5, 5.41) is 4.25. The Bertz CT molecular complexity index is 664. The minimum atomic E-state index is 0.144. The number of piperidine rings is 1. The summed E-state index contributed by atoms with van der Waals surface area (Å²) in [7, 11) is 0. The molecular weight excluding hydrogens is 274 g/mol. The Kier molecular flexibility index (Phi) is 3.77. The van der Waals surface area contributed by atoms with E-state index in [0.717, 1.165) is 42.7 Å². The molecule has 4 nitrogen and oxygen atoms in total. The lowest BCUT2D eigenvalue weighted by Gasteiger charge is -2.37. The van der Waals surface area contributed by atoms with Crippen molar-refractivity contribution in [3.63, 3.8) is 0 Å². The van der Waals surface area contributed by atoms with Crippen LogP contribution in [0.4, 0.5) is 0 Å².